The fourth-order valence-electron chi connectivity index (χ4n) is 1.94. The summed E-state index contributed by atoms with van der Waals surface area (Å²) in [7, 11) is 1.61. The molecule has 74 valence electrons. The average molecular weight is 200 g/mol. The molecular formula is C12H8O3. The molecule has 0 unspecified atom stereocenters. The van der Waals surface area contributed by atoms with Gasteiger partial charge in [0, 0.05) is 10.8 Å². The largest absolute Gasteiger partial charge is 0.496 e. The van der Waals surface area contributed by atoms with Crippen LogP contribution in [0.1, 0.15) is 10.4 Å². The molecule has 0 aliphatic carbocycles. The number of benzene rings is 2. The van der Waals surface area contributed by atoms with Crippen LogP contribution in [-0.4, -0.2) is 13.1 Å². The molecule has 15 heavy (non-hydrogen) atoms. The van der Waals surface area contributed by atoms with E-state index < -0.39 is 0 Å². The highest BCUT2D eigenvalue weighted by molar-refractivity contribution is 6.14. The van der Waals surface area contributed by atoms with Crippen LogP contribution in [0.3, 0.4) is 0 Å². The quantitative estimate of drug-likeness (QED) is 0.523. The molecule has 2 aromatic rings. The first kappa shape index (κ1) is 8.29. The van der Waals surface area contributed by atoms with Crippen LogP contribution in [0.15, 0.2) is 30.3 Å². The summed E-state index contributed by atoms with van der Waals surface area (Å²) in [5.41, 5.74) is 0.612. The molecule has 0 atom stereocenters. The minimum atomic E-state index is -0.288. The minimum absolute atomic E-state index is 0.288. The van der Waals surface area contributed by atoms with Gasteiger partial charge in [-0.2, -0.15) is 0 Å². The van der Waals surface area contributed by atoms with Gasteiger partial charge in [0.15, 0.2) is 0 Å². The molecular weight excluding hydrogens is 192 g/mol. The van der Waals surface area contributed by atoms with E-state index in [1.165, 1.54) is 0 Å². The van der Waals surface area contributed by atoms with E-state index in [9.17, 15) is 4.79 Å². The predicted octanol–water partition coefficient (Wildman–Crippen LogP) is 2.38. The Hall–Kier alpha value is -2.03. The van der Waals surface area contributed by atoms with Crippen molar-refractivity contribution < 1.29 is 14.3 Å². The van der Waals surface area contributed by atoms with E-state index in [-0.39, 0.29) is 5.97 Å². The Kier molecular flexibility index (Phi) is 1.51. The summed E-state index contributed by atoms with van der Waals surface area (Å²) < 4.78 is 10.4. The van der Waals surface area contributed by atoms with Crippen molar-refractivity contribution in [1.82, 2.24) is 0 Å². The van der Waals surface area contributed by atoms with Crippen LogP contribution in [0.2, 0.25) is 0 Å². The minimum Gasteiger partial charge on any atom is -0.496 e. The molecule has 3 nitrogen and oxygen atoms in total. The van der Waals surface area contributed by atoms with Crippen molar-refractivity contribution in [2.75, 3.05) is 7.11 Å². The van der Waals surface area contributed by atoms with Crippen molar-refractivity contribution in [1.29, 1.82) is 0 Å². The lowest BCUT2D eigenvalue weighted by atomic mass is 10.0. The molecule has 1 aliphatic rings. The van der Waals surface area contributed by atoms with Gasteiger partial charge in [-0.15, -0.1) is 0 Å². The number of hydrogen-bond acceptors (Lipinski definition) is 3. The van der Waals surface area contributed by atoms with Crippen LogP contribution in [0.25, 0.3) is 10.8 Å². The molecule has 1 heterocycles. The first-order valence-electron chi connectivity index (χ1n) is 4.63. The lowest BCUT2D eigenvalue weighted by Crippen LogP contribution is -2.00. The van der Waals surface area contributed by atoms with Gasteiger partial charge in [0.1, 0.15) is 11.5 Å². The first-order valence-corrected chi connectivity index (χ1v) is 4.63. The zero-order valence-corrected chi connectivity index (χ0v) is 8.11. The SMILES string of the molecule is COc1ccc2c3c(cccc13)C(=O)O2. The number of carbonyl (C=O) groups is 1. The van der Waals surface area contributed by atoms with Gasteiger partial charge in [-0.1, -0.05) is 12.1 Å². The van der Waals surface area contributed by atoms with Gasteiger partial charge in [0.25, 0.3) is 0 Å². The Morgan fingerprint density at radius 1 is 1.20 bits per heavy atom. The zero-order valence-electron chi connectivity index (χ0n) is 8.11. The Balaban J connectivity index is 2.50. The number of ether oxygens (including phenoxy) is 2. The van der Waals surface area contributed by atoms with E-state index in [2.05, 4.69) is 0 Å². The molecule has 1 aliphatic heterocycles. The fourth-order valence-corrected chi connectivity index (χ4v) is 1.94. The van der Waals surface area contributed by atoms with Crippen molar-refractivity contribution in [3.63, 3.8) is 0 Å². The maximum absolute atomic E-state index is 11.5. The summed E-state index contributed by atoms with van der Waals surface area (Å²) in [6.07, 6.45) is 0. The molecule has 3 heteroatoms. The summed E-state index contributed by atoms with van der Waals surface area (Å²) >= 11 is 0. The van der Waals surface area contributed by atoms with Crippen LogP contribution >= 0.6 is 0 Å². The summed E-state index contributed by atoms with van der Waals surface area (Å²) in [5, 5.41) is 1.76. The second-order valence-corrected chi connectivity index (χ2v) is 3.38. The monoisotopic (exact) mass is 200 g/mol. The van der Waals surface area contributed by atoms with Gasteiger partial charge in [0.2, 0.25) is 0 Å². The second-order valence-electron chi connectivity index (χ2n) is 3.38. The molecule has 2 aromatic carbocycles. The number of methoxy groups -OCH3 is 1. The second kappa shape index (κ2) is 2.73. The molecule has 0 aromatic heterocycles. The van der Waals surface area contributed by atoms with Crippen LogP contribution in [0, 0.1) is 0 Å². The lowest BCUT2D eigenvalue weighted by Gasteiger charge is -2.04. The van der Waals surface area contributed by atoms with Gasteiger partial charge in [-0.05, 0) is 18.2 Å². The van der Waals surface area contributed by atoms with E-state index in [1.807, 2.05) is 12.1 Å². The Morgan fingerprint density at radius 2 is 2.07 bits per heavy atom. The topological polar surface area (TPSA) is 35.5 Å². The summed E-state index contributed by atoms with van der Waals surface area (Å²) in [4.78, 5) is 11.5. The summed E-state index contributed by atoms with van der Waals surface area (Å²) in [5.74, 6) is 1.09. The molecule has 0 spiro atoms. The maximum Gasteiger partial charge on any atom is 0.344 e. The maximum atomic E-state index is 11.5. The Labute approximate surface area is 86.2 Å². The fraction of sp³-hybridized carbons (Fsp3) is 0.0833. The van der Waals surface area contributed by atoms with Crippen molar-refractivity contribution in [3.8, 4) is 11.5 Å². The van der Waals surface area contributed by atoms with Crippen molar-refractivity contribution in [2.45, 2.75) is 0 Å². The van der Waals surface area contributed by atoms with Crippen molar-refractivity contribution in [2.24, 2.45) is 0 Å². The molecule has 0 bridgehead atoms. The third-order valence-corrected chi connectivity index (χ3v) is 2.60. The van der Waals surface area contributed by atoms with Gasteiger partial charge in [0.05, 0.1) is 12.7 Å². The molecule has 0 radical (unpaired) electrons. The highest BCUT2D eigenvalue weighted by Gasteiger charge is 2.24. The molecule has 3 rings (SSSR count). The van der Waals surface area contributed by atoms with Gasteiger partial charge in [-0.25, -0.2) is 4.79 Å². The zero-order chi connectivity index (χ0) is 10.4. The predicted molar refractivity (Wildman–Crippen MR) is 55.5 cm³/mol. The first-order chi connectivity index (χ1) is 7.31. The number of carbonyl (C=O) groups excluding carboxylic acids is 1. The van der Waals surface area contributed by atoms with Gasteiger partial charge >= 0.3 is 5.97 Å². The molecule has 0 saturated carbocycles. The van der Waals surface area contributed by atoms with Crippen LogP contribution in [0.5, 0.6) is 11.5 Å². The number of hydrogen-bond donors (Lipinski definition) is 0. The van der Waals surface area contributed by atoms with Crippen LogP contribution < -0.4 is 9.47 Å². The highest BCUT2D eigenvalue weighted by atomic mass is 16.5. The number of rotatable bonds is 1. The normalized spacial score (nSPS) is 13.0. The highest BCUT2D eigenvalue weighted by Crippen LogP contribution is 2.39. The lowest BCUT2D eigenvalue weighted by molar-refractivity contribution is 0.0754. The molecule has 0 N–H and O–H groups in total. The van der Waals surface area contributed by atoms with Gasteiger partial charge < -0.3 is 9.47 Å². The van der Waals surface area contributed by atoms with Crippen LogP contribution in [-0.2, 0) is 0 Å². The smallest absolute Gasteiger partial charge is 0.344 e. The standard InChI is InChI=1S/C12H8O3/c1-14-9-5-6-10-11-7(9)3-2-4-8(11)12(13)15-10/h2-6H,1H3. The third-order valence-electron chi connectivity index (χ3n) is 2.60. The van der Waals surface area contributed by atoms with Crippen molar-refractivity contribution in [3.05, 3.63) is 35.9 Å². The Morgan fingerprint density at radius 3 is 2.87 bits per heavy atom. The molecule has 0 amide bonds. The van der Waals surface area contributed by atoms with E-state index in [4.69, 9.17) is 9.47 Å². The summed E-state index contributed by atoms with van der Waals surface area (Å²) in [6.45, 7) is 0. The van der Waals surface area contributed by atoms with Gasteiger partial charge in [-0.3, -0.25) is 0 Å². The van der Waals surface area contributed by atoms with Crippen LogP contribution in [0.4, 0.5) is 0 Å². The van der Waals surface area contributed by atoms with E-state index >= 15 is 0 Å². The molecule has 0 saturated heterocycles. The average Bonchev–Trinajstić information content (AvgIpc) is 2.59. The van der Waals surface area contributed by atoms with E-state index in [0.29, 0.717) is 11.3 Å². The summed E-state index contributed by atoms with van der Waals surface area (Å²) in [6, 6.07) is 9.08. The van der Waals surface area contributed by atoms with E-state index in [0.717, 1.165) is 16.5 Å². The Bertz CT molecular complexity index is 572. The number of esters is 1. The van der Waals surface area contributed by atoms with E-state index in [1.54, 1.807) is 25.3 Å². The molecule has 0 fully saturated rings. The third kappa shape index (κ3) is 0.973. The van der Waals surface area contributed by atoms with Crippen molar-refractivity contribution >= 4 is 16.7 Å².